The third kappa shape index (κ3) is 2.72. The fourth-order valence-corrected chi connectivity index (χ4v) is 2.52. The van der Waals surface area contributed by atoms with E-state index in [-0.39, 0.29) is 11.7 Å². The molecule has 2 atom stereocenters. The van der Waals surface area contributed by atoms with Gasteiger partial charge in [0.2, 0.25) is 0 Å². The van der Waals surface area contributed by atoms with Gasteiger partial charge in [-0.3, -0.25) is 4.79 Å². The van der Waals surface area contributed by atoms with Crippen LogP contribution in [-0.4, -0.2) is 30.4 Å². The Balaban J connectivity index is 2.26. The smallest absolute Gasteiger partial charge is 0.256 e. The minimum atomic E-state index is -0.368. The molecule has 1 saturated heterocycles. The van der Waals surface area contributed by atoms with Crippen molar-refractivity contribution >= 4 is 11.6 Å². The first-order valence-electron chi connectivity index (χ1n) is 6.86. The summed E-state index contributed by atoms with van der Waals surface area (Å²) in [4.78, 5) is 14.3. The molecule has 0 bridgehead atoms. The Morgan fingerprint density at radius 3 is 2.58 bits per heavy atom. The van der Waals surface area contributed by atoms with Crippen LogP contribution in [-0.2, 0) is 0 Å². The van der Waals surface area contributed by atoms with Crippen molar-refractivity contribution in [2.75, 3.05) is 25.0 Å². The van der Waals surface area contributed by atoms with E-state index < -0.39 is 0 Å². The first kappa shape index (κ1) is 13.8. The highest BCUT2D eigenvalue weighted by atomic mass is 19.1. The Morgan fingerprint density at radius 1 is 1.37 bits per heavy atom. The second kappa shape index (κ2) is 5.59. The molecule has 104 valence electrons. The molecule has 2 unspecified atom stereocenters. The second-order valence-corrected chi connectivity index (χ2v) is 5.36. The van der Waals surface area contributed by atoms with E-state index in [1.807, 2.05) is 11.8 Å². The molecule has 4 heteroatoms. The van der Waals surface area contributed by atoms with E-state index >= 15 is 0 Å². The van der Waals surface area contributed by atoms with Crippen LogP contribution < -0.4 is 5.32 Å². The zero-order chi connectivity index (χ0) is 14.0. The lowest BCUT2D eigenvalue weighted by atomic mass is 10.0. The van der Waals surface area contributed by atoms with Crippen LogP contribution in [0, 0.1) is 17.7 Å². The summed E-state index contributed by atoms with van der Waals surface area (Å²) in [5.41, 5.74) is 0.755. The minimum Gasteiger partial charge on any atom is -0.382 e. The Morgan fingerprint density at radius 2 is 2.00 bits per heavy atom. The van der Waals surface area contributed by atoms with Crippen LogP contribution in [0.4, 0.5) is 10.1 Å². The number of halogens is 1. The van der Waals surface area contributed by atoms with Gasteiger partial charge in [0.05, 0.1) is 11.3 Å². The maximum absolute atomic E-state index is 13.8. The summed E-state index contributed by atoms with van der Waals surface area (Å²) in [6, 6.07) is 4.66. The number of para-hydroxylation sites is 1. The minimum absolute atomic E-state index is 0.0772. The molecule has 0 radical (unpaired) electrons. The Kier molecular flexibility index (Phi) is 4.08. The molecule has 1 N–H and O–H groups in total. The van der Waals surface area contributed by atoms with Gasteiger partial charge in [-0.05, 0) is 30.9 Å². The summed E-state index contributed by atoms with van der Waals surface area (Å²) in [5.74, 6) is 0.555. The van der Waals surface area contributed by atoms with Gasteiger partial charge in [0, 0.05) is 19.6 Å². The van der Waals surface area contributed by atoms with Crippen LogP contribution in [0.2, 0.25) is 0 Å². The van der Waals surface area contributed by atoms with E-state index in [1.54, 1.807) is 12.1 Å². The fourth-order valence-electron chi connectivity index (χ4n) is 2.52. The number of hydrogen-bond donors (Lipinski definition) is 1. The molecular formula is C15H21FN2O. The highest BCUT2D eigenvalue weighted by Gasteiger charge is 2.31. The van der Waals surface area contributed by atoms with Gasteiger partial charge in [-0.25, -0.2) is 4.39 Å². The molecule has 0 aromatic heterocycles. The number of likely N-dealkylation sites (tertiary alicyclic amines) is 1. The van der Waals surface area contributed by atoms with Gasteiger partial charge >= 0.3 is 0 Å². The Hall–Kier alpha value is -1.58. The van der Waals surface area contributed by atoms with Crippen LogP contribution in [0.1, 0.15) is 31.1 Å². The van der Waals surface area contributed by atoms with Crippen LogP contribution in [0.3, 0.4) is 0 Å². The predicted molar refractivity (Wildman–Crippen MR) is 74.8 cm³/mol. The van der Waals surface area contributed by atoms with E-state index in [0.717, 1.165) is 13.1 Å². The van der Waals surface area contributed by atoms with Crippen LogP contribution in [0.15, 0.2) is 18.2 Å². The molecule has 1 aliphatic rings. The van der Waals surface area contributed by atoms with Gasteiger partial charge in [0.1, 0.15) is 5.82 Å². The lowest BCUT2D eigenvalue weighted by Gasteiger charge is -2.19. The summed E-state index contributed by atoms with van der Waals surface area (Å²) in [6.07, 6.45) is 0. The summed E-state index contributed by atoms with van der Waals surface area (Å²) in [7, 11) is 0. The van der Waals surface area contributed by atoms with E-state index in [9.17, 15) is 9.18 Å². The molecule has 1 heterocycles. The third-order valence-electron chi connectivity index (χ3n) is 3.87. The average molecular weight is 264 g/mol. The van der Waals surface area contributed by atoms with Gasteiger partial charge in [-0.15, -0.1) is 0 Å². The number of anilines is 1. The van der Waals surface area contributed by atoms with Crippen LogP contribution in [0.5, 0.6) is 0 Å². The molecule has 0 aliphatic carbocycles. The molecule has 0 spiro atoms. The summed E-state index contributed by atoms with van der Waals surface area (Å²) in [5, 5.41) is 2.95. The van der Waals surface area contributed by atoms with E-state index in [4.69, 9.17) is 0 Å². The molecular weight excluding hydrogens is 243 g/mol. The highest BCUT2D eigenvalue weighted by Crippen LogP contribution is 2.27. The maximum atomic E-state index is 13.8. The number of amides is 1. The number of hydrogen-bond acceptors (Lipinski definition) is 2. The quantitative estimate of drug-likeness (QED) is 0.910. The first-order chi connectivity index (χ1) is 9.04. The second-order valence-electron chi connectivity index (χ2n) is 5.36. The number of carbonyl (C=O) groups excluding carboxylic acids is 1. The number of carbonyl (C=O) groups is 1. The summed E-state index contributed by atoms with van der Waals surface area (Å²) < 4.78 is 13.8. The first-order valence-corrected chi connectivity index (χ1v) is 6.86. The fraction of sp³-hybridized carbons (Fsp3) is 0.533. The third-order valence-corrected chi connectivity index (χ3v) is 3.87. The average Bonchev–Trinajstić information content (AvgIpc) is 2.71. The Bertz CT molecular complexity index is 465. The molecule has 0 saturated carbocycles. The van der Waals surface area contributed by atoms with Gasteiger partial charge < -0.3 is 10.2 Å². The van der Waals surface area contributed by atoms with Gasteiger partial charge in [0.25, 0.3) is 5.91 Å². The lowest BCUT2D eigenvalue weighted by molar-refractivity contribution is 0.0785. The summed E-state index contributed by atoms with van der Waals surface area (Å²) >= 11 is 0. The van der Waals surface area contributed by atoms with E-state index in [0.29, 0.717) is 29.6 Å². The number of benzene rings is 1. The van der Waals surface area contributed by atoms with Crippen molar-refractivity contribution in [2.24, 2.45) is 11.8 Å². The van der Waals surface area contributed by atoms with Crippen molar-refractivity contribution in [1.82, 2.24) is 4.90 Å². The Labute approximate surface area is 113 Å². The van der Waals surface area contributed by atoms with Crippen molar-refractivity contribution in [3.8, 4) is 0 Å². The monoisotopic (exact) mass is 264 g/mol. The molecule has 1 aliphatic heterocycles. The van der Waals surface area contributed by atoms with Crippen molar-refractivity contribution in [3.05, 3.63) is 29.6 Å². The molecule has 1 aromatic carbocycles. The predicted octanol–water partition coefficient (Wildman–Crippen LogP) is 2.99. The number of rotatable bonds is 3. The molecule has 1 fully saturated rings. The van der Waals surface area contributed by atoms with Gasteiger partial charge in [-0.2, -0.15) is 0 Å². The maximum Gasteiger partial charge on any atom is 0.256 e. The number of nitrogens with zero attached hydrogens (tertiary/aromatic N) is 1. The van der Waals surface area contributed by atoms with E-state index in [1.165, 1.54) is 6.07 Å². The standard InChI is InChI=1S/C15H21FN2O/c1-4-17-14-12(6-5-7-13(14)16)15(19)18-8-10(2)11(3)9-18/h5-7,10-11,17H,4,8-9H2,1-3H3. The zero-order valence-electron chi connectivity index (χ0n) is 11.7. The molecule has 19 heavy (non-hydrogen) atoms. The SMILES string of the molecule is CCNc1c(F)cccc1C(=O)N1CC(C)C(C)C1. The molecule has 1 amide bonds. The van der Waals surface area contributed by atoms with Crippen LogP contribution >= 0.6 is 0 Å². The largest absolute Gasteiger partial charge is 0.382 e. The van der Waals surface area contributed by atoms with E-state index in [2.05, 4.69) is 19.2 Å². The van der Waals surface area contributed by atoms with Crippen molar-refractivity contribution < 1.29 is 9.18 Å². The van der Waals surface area contributed by atoms with Crippen molar-refractivity contribution in [2.45, 2.75) is 20.8 Å². The number of nitrogens with one attached hydrogen (secondary N) is 1. The molecule has 2 rings (SSSR count). The van der Waals surface area contributed by atoms with Crippen LogP contribution in [0.25, 0.3) is 0 Å². The topological polar surface area (TPSA) is 32.3 Å². The normalized spacial score (nSPS) is 22.6. The van der Waals surface area contributed by atoms with Gasteiger partial charge in [0.15, 0.2) is 0 Å². The lowest BCUT2D eigenvalue weighted by Crippen LogP contribution is -2.29. The van der Waals surface area contributed by atoms with Crippen molar-refractivity contribution in [3.63, 3.8) is 0 Å². The van der Waals surface area contributed by atoms with Gasteiger partial charge in [-0.1, -0.05) is 19.9 Å². The zero-order valence-corrected chi connectivity index (χ0v) is 11.7. The molecule has 1 aromatic rings. The highest BCUT2D eigenvalue weighted by molar-refractivity contribution is 5.99. The summed E-state index contributed by atoms with van der Waals surface area (Å²) in [6.45, 7) is 8.28. The molecule has 3 nitrogen and oxygen atoms in total. The van der Waals surface area contributed by atoms with Crippen molar-refractivity contribution in [1.29, 1.82) is 0 Å².